The Balaban J connectivity index is 1.63. The number of aryl methyl sites for hydroxylation is 4. The number of carbonyl (C=O) groups excluding carboxylic acids is 2. The first-order valence-electron chi connectivity index (χ1n) is 9.34. The molecule has 0 radical (unpaired) electrons. The third-order valence-electron chi connectivity index (χ3n) is 5.05. The van der Waals surface area contributed by atoms with Gasteiger partial charge in [0.05, 0.1) is 17.6 Å². The topological polar surface area (TPSA) is 112 Å². The molecule has 0 saturated heterocycles. The van der Waals surface area contributed by atoms with Gasteiger partial charge in [-0.3, -0.25) is 19.7 Å². The number of carbonyl (C=O) groups is 2. The maximum atomic E-state index is 12.2. The first-order valence-corrected chi connectivity index (χ1v) is 9.34. The molecule has 0 bridgehead atoms. The largest absolute Gasteiger partial charge is 0.464 e. The number of ether oxygens (including phenoxy) is 1. The molecule has 8 nitrogen and oxygen atoms in total. The van der Waals surface area contributed by atoms with Gasteiger partial charge in [0.25, 0.3) is 11.6 Å². The number of benzene rings is 2. The van der Waals surface area contributed by atoms with E-state index < -0.39 is 23.4 Å². The Morgan fingerprint density at radius 3 is 2.37 bits per heavy atom. The van der Waals surface area contributed by atoms with Crippen molar-refractivity contribution in [1.29, 1.82) is 0 Å². The van der Waals surface area contributed by atoms with Crippen molar-refractivity contribution in [3.05, 3.63) is 68.5 Å². The summed E-state index contributed by atoms with van der Waals surface area (Å²) in [4.78, 5) is 35.0. The number of nitro groups is 1. The zero-order chi connectivity index (χ0) is 22.0. The molecule has 0 aliphatic carbocycles. The fraction of sp³-hybridized carbons (Fsp3) is 0.273. The summed E-state index contributed by atoms with van der Waals surface area (Å²) in [5.74, 6) is -1.25. The highest BCUT2D eigenvalue weighted by molar-refractivity contribution is 5.95. The number of nitrogens with zero attached hydrogens (tertiary/aromatic N) is 1. The fourth-order valence-electron chi connectivity index (χ4n) is 3.06. The van der Waals surface area contributed by atoms with Crippen LogP contribution in [0.3, 0.4) is 0 Å². The SMILES string of the molecule is Cc1cc(NC(=O)COC(=O)Cc2coc3cc(C)c(C)cc23)c([N+](=O)[O-])cc1C. The van der Waals surface area contributed by atoms with Crippen LogP contribution in [-0.2, 0) is 20.7 Å². The van der Waals surface area contributed by atoms with Crippen molar-refractivity contribution in [2.75, 3.05) is 11.9 Å². The summed E-state index contributed by atoms with van der Waals surface area (Å²) in [5.41, 5.74) is 4.90. The normalized spacial score (nSPS) is 10.8. The number of furan rings is 1. The Labute approximate surface area is 173 Å². The van der Waals surface area contributed by atoms with Crippen molar-refractivity contribution in [1.82, 2.24) is 0 Å². The van der Waals surface area contributed by atoms with E-state index in [0.29, 0.717) is 11.1 Å². The molecule has 1 N–H and O–H groups in total. The van der Waals surface area contributed by atoms with Gasteiger partial charge in [0.1, 0.15) is 11.3 Å². The zero-order valence-electron chi connectivity index (χ0n) is 17.2. The molecule has 156 valence electrons. The van der Waals surface area contributed by atoms with Crippen molar-refractivity contribution in [3.63, 3.8) is 0 Å². The predicted molar refractivity (Wildman–Crippen MR) is 112 cm³/mol. The van der Waals surface area contributed by atoms with Crippen LogP contribution in [0.5, 0.6) is 0 Å². The van der Waals surface area contributed by atoms with Crippen LogP contribution in [0.25, 0.3) is 11.0 Å². The molecular weight excluding hydrogens is 388 g/mol. The smallest absolute Gasteiger partial charge is 0.310 e. The van der Waals surface area contributed by atoms with Crippen molar-refractivity contribution < 1.29 is 23.7 Å². The molecule has 0 aliphatic rings. The summed E-state index contributed by atoms with van der Waals surface area (Å²) in [7, 11) is 0. The Bertz CT molecular complexity index is 1160. The van der Waals surface area contributed by atoms with E-state index in [1.165, 1.54) is 18.4 Å². The first-order chi connectivity index (χ1) is 14.2. The molecule has 0 fully saturated rings. The fourth-order valence-corrected chi connectivity index (χ4v) is 3.06. The van der Waals surface area contributed by atoms with E-state index in [9.17, 15) is 19.7 Å². The highest BCUT2D eigenvalue weighted by Crippen LogP contribution is 2.28. The summed E-state index contributed by atoms with van der Waals surface area (Å²) in [6.07, 6.45) is 1.45. The lowest BCUT2D eigenvalue weighted by Crippen LogP contribution is -2.22. The van der Waals surface area contributed by atoms with Gasteiger partial charge in [-0.25, -0.2) is 0 Å². The van der Waals surface area contributed by atoms with Crippen LogP contribution in [0.4, 0.5) is 11.4 Å². The second-order valence-corrected chi connectivity index (χ2v) is 7.29. The average Bonchev–Trinajstić information content (AvgIpc) is 3.04. The number of anilines is 1. The highest BCUT2D eigenvalue weighted by atomic mass is 16.6. The van der Waals surface area contributed by atoms with Gasteiger partial charge in [0.2, 0.25) is 0 Å². The number of hydrogen-bond acceptors (Lipinski definition) is 6. The monoisotopic (exact) mass is 410 g/mol. The number of nitrogens with one attached hydrogen (secondary N) is 1. The molecule has 1 heterocycles. The molecule has 0 unspecified atom stereocenters. The first kappa shape index (κ1) is 21.0. The van der Waals surface area contributed by atoms with Gasteiger partial charge in [-0.2, -0.15) is 0 Å². The van der Waals surface area contributed by atoms with Crippen LogP contribution in [0.1, 0.15) is 27.8 Å². The molecule has 2 aromatic carbocycles. The maximum absolute atomic E-state index is 12.2. The van der Waals surface area contributed by atoms with E-state index in [1.807, 2.05) is 26.0 Å². The van der Waals surface area contributed by atoms with Crippen molar-refractivity contribution >= 4 is 34.2 Å². The lowest BCUT2D eigenvalue weighted by molar-refractivity contribution is -0.384. The number of amides is 1. The predicted octanol–water partition coefficient (Wildman–Crippen LogP) is 4.30. The molecule has 30 heavy (non-hydrogen) atoms. The molecule has 1 aromatic heterocycles. The third kappa shape index (κ3) is 4.48. The van der Waals surface area contributed by atoms with E-state index >= 15 is 0 Å². The molecule has 0 saturated carbocycles. The Morgan fingerprint density at radius 1 is 1.03 bits per heavy atom. The van der Waals surface area contributed by atoms with Crippen LogP contribution in [-0.4, -0.2) is 23.4 Å². The minimum absolute atomic E-state index is 0.0490. The number of hydrogen-bond donors (Lipinski definition) is 1. The van der Waals surface area contributed by atoms with Gasteiger partial charge in [-0.05, 0) is 68.1 Å². The second kappa shape index (κ2) is 8.36. The lowest BCUT2D eigenvalue weighted by Gasteiger charge is -2.09. The average molecular weight is 410 g/mol. The van der Waals surface area contributed by atoms with Crippen LogP contribution < -0.4 is 5.32 Å². The van der Waals surface area contributed by atoms with Crippen LogP contribution in [0.15, 0.2) is 34.9 Å². The van der Waals surface area contributed by atoms with Crippen LogP contribution >= 0.6 is 0 Å². The van der Waals surface area contributed by atoms with Crippen molar-refractivity contribution in [2.45, 2.75) is 34.1 Å². The summed E-state index contributed by atoms with van der Waals surface area (Å²) in [6, 6.07) is 6.77. The number of rotatable bonds is 6. The lowest BCUT2D eigenvalue weighted by atomic mass is 10.0. The molecule has 0 aliphatic heterocycles. The molecule has 1 amide bonds. The van der Waals surface area contributed by atoms with Gasteiger partial charge >= 0.3 is 5.97 Å². The van der Waals surface area contributed by atoms with E-state index in [2.05, 4.69) is 5.32 Å². The van der Waals surface area contributed by atoms with Gasteiger partial charge in [0.15, 0.2) is 6.61 Å². The maximum Gasteiger partial charge on any atom is 0.310 e. The van der Waals surface area contributed by atoms with Gasteiger partial charge in [-0.15, -0.1) is 0 Å². The van der Waals surface area contributed by atoms with Crippen LogP contribution in [0.2, 0.25) is 0 Å². The summed E-state index contributed by atoms with van der Waals surface area (Å²) in [6.45, 7) is 6.94. The number of fused-ring (bicyclic) bond motifs is 1. The van der Waals surface area contributed by atoms with Gasteiger partial charge < -0.3 is 14.5 Å². The molecule has 0 spiro atoms. The third-order valence-corrected chi connectivity index (χ3v) is 5.05. The molecule has 3 aromatic rings. The van der Waals surface area contributed by atoms with E-state index in [1.54, 1.807) is 13.8 Å². The Morgan fingerprint density at radius 2 is 1.67 bits per heavy atom. The van der Waals surface area contributed by atoms with Crippen molar-refractivity contribution in [3.8, 4) is 0 Å². The Kier molecular flexibility index (Phi) is 5.86. The highest BCUT2D eigenvalue weighted by Gasteiger charge is 2.19. The van der Waals surface area contributed by atoms with E-state index in [4.69, 9.17) is 9.15 Å². The zero-order valence-corrected chi connectivity index (χ0v) is 17.2. The summed E-state index contributed by atoms with van der Waals surface area (Å²) in [5, 5.41) is 14.5. The molecule has 0 atom stereocenters. The van der Waals surface area contributed by atoms with Crippen molar-refractivity contribution in [2.24, 2.45) is 0 Å². The molecule has 8 heteroatoms. The molecular formula is C22H22N2O6. The standard InChI is InChI=1S/C22H22N2O6/c1-12-5-17-16(10-29-20(17)8-15(12)4)9-22(26)30-11-21(25)23-18-6-13(2)14(3)7-19(18)24(27)28/h5-8,10H,9,11H2,1-4H3,(H,23,25). The van der Waals surface area contributed by atoms with E-state index in [-0.39, 0.29) is 17.8 Å². The summed E-state index contributed by atoms with van der Waals surface area (Å²) < 4.78 is 10.5. The molecule has 3 rings (SSSR count). The minimum atomic E-state index is -0.654. The quantitative estimate of drug-likeness (QED) is 0.368. The van der Waals surface area contributed by atoms with Crippen LogP contribution in [0, 0.1) is 37.8 Å². The Hall–Kier alpha value is -3.68. The summed E-state index contributed by atoms with van der Waals surface area (Å²) >= 11 is 0. The minimum Gasteiger partial charge on any atom is -0.464 e. The van der Waals surface area contributed by atoms with Gasteiger partial charge in [0, 0.05) is 17.0 Å². The second-order valence-electron chi connectivity index (χ2n) is 7.29. The van der Waals surface area contributed by atoms with Gasteiger partial charge in [-0.1, -0.05) is 0 Å². The van der Waals surface area contributed by atoms with E-state index in [0.717, 1.165) is 27.6 Å². The number of nitro benzene ring substituents is 1. The number of esters is 1.